The molecule has 0 aromatic heterocycles. The standard InChI is InChI=1S/C13H14N2O6/c16-12(14-11-7-21-6-10(11)13(17)18)5-8-1-3-9(4-2-8)15(19)20/h1-4,10-11H,5-7H2,(H,14,16)(H,17,18). The molecule has 8 nitrogen and oxygen atoms in total. The molecular weight excluding hydrogens is 280 g/mol. The molecule has 0 bridgehead atoms. The second kappa shape index (κ2) is 6.31. The SMILES string of the molecule is O=C(Cc1ccc([N+](=O)[O-])cc1)NC1COCC1C(=O)O. The summed E-state index contributed by atoms with van der Waals surface area (Å²) < 4.78 is 5.05. The summed E-state index contributed by atoms with van der Waals surface area (Å²) in [4.78, 5) is 32.8. The number of hydrogen-bond acceptors (Lipinski definition) is 5. The number of nitrogens with zero attached hydrogens (tertiary/aromatic N) is 1. The summed E-state index contributed by atoms with van der Waals surface area (Å²) in [6.07, 6.45) is 0.0286. The Kier molecular flexibility index (Phi) is 4.49. The zero-order valence-corrected chi connectivity index (χ0v) is 11.0. The Morgan fingerprint density at radius 1 is 1.33 bits per heavy atom. The summed E-state index contributed by atoms with van der Waals surface area (Å²) in [5.41, 5.74) is 0.568. The van der Waals surface area contributed by atoms with E-state index in [1.807, 2.05) is 0 Å². The summed E-state index contributed by atoms with van der Waals surface area (Å²) >= 11 is 0. The number of hydrogen-bond donors (Lipinski definition) is 2. The minimum Gasteiger partial charge on any atom is -0.481 e. The first kappa shape index (κ1) is 14.9. The van der Waals surface area contributed by atoms with Gasteiger partial charge in [0.05, 0.1) is 30.6 Å². The molecule has 2 unspecified atom stereocenters. The van der Waals surface area contributed by atoms with Crippen LogP contribution >= 0.6 is 0 Å². The van der Waals surface area contributed by atoms with Crippen molar-refractivity contribution in [1.29, 1.82) is 0 Å². The van der Waals surface area contributed by atoms with Gasteiger partial charge in [0, 0.05) is 12.1 Å². The number of aliphatic carboxylic acids is 1. The summed E-state index contributed by atoms with van der Waals surface area (Å²) in [5.74, 6) is -2.09. The lowest BCUT2D eigenvalue weighted by molar-refractivity contribution is -0.384. The Labute approximate surface area is 119 Å². The molecule has 2 N–H and O–H groups in total. The summed E-state index contributed by atoms with van der Waals surface area (Å²) in [7, 11) is 0. The van der Waals surface area contributed by atoms with Crippen molar-refractivity contribution < 1.29 is 24.4 Å². The Morgan fingerprint density at radius 3 is 2.57 bits per heavy atom. The Morgan fingerprint density at radius 2 is 2.00 bits per heavy atom. The second-order valence-electron chi connectivity index (χ2n) is 4.76. The van der Waals surface area contributed by atoms with Crippen molar-refractivity contribution in [3.05, 3.63) is 39.9 Å². The van der Waals surface area contributed by atoms with Crippen LogP contribution in [0.1, 0.15) is 5.56 Å². The summed E-state index contributed by atoms with van der Waals surface area (Å²) in [5, 5.41) is 22.1. The number of carbonyl (C=O) groups is 2. The zero-order chi connectivity index (χ0) is 15.4. The van der Waals surface area contributed by atoms with E-state index in [1.165, 1.54) is 24.3 Å². The van der Waals surface area contributed by atoms with Crippen LogP contribution in [0.2, 0.25) is 0 Å². The van der Waals surface area contributed by atoms with Crippen molar-refractivity contribution in [2.24, 2.45) is 5.92 Å². The van der Waals surface area contributed by atoms with Gasteiger partial charge in [0.2, 0.25) is 5.91 Å². The van der Waals surface area contributed by atoms with Crippen molar-refractivity contribution in [3.63, 3.8) is 0 Å². The van der Waals surface area contributed by atoms with Gasteiger partial charge < -0.3 is 15.2 Å². The van der Waals surface area contributed by atoms with Gasteiger partial charge in [-0.15, -0.1) is 0 Å². The molecule has 1 aliphatic rings. The third kappa shape index (κ3) is 3.76. The molecule has 2 atom stereocenters. The van der Waals surface area contributed by atoms with E-state index < -0.39 is 22.9 Å². The number of carboxylic acid groups (broad SMARTS) is 1. The van der Waals surface area contributed by atoms with Crippen LogP contribution in [-0.4, -0.2) is 41.2 Å². The number of non-ortho nitro benzene ring substituents is 1. The van der Waals surface area contributed by atoms with Gasteiger partial charge >= 0.3 is 5.97 Å². The Bertz CT molecular complexity index is 556. The molecule has 0 spiro atoms. The molecule has 1 aromatic rings. The van der Waals surface area contributed by atoms with Crippen molar-refractivity contribution in [3.8, 4) is 0 Å². The average Bonchev–Trinajstić information content (AvgIpc) is 2.87. The lowest BCUT2D eigenvalue weighted by Crippen LogP contribution is -2.43. The third-order valence-corrected chi connectivity index (χ3v) is 3.26. The predicted molar refractivity (Wildman–Crippen MR) is 70.7 cm³/mol. The molecule has 0 saturated carbocycles. The fourth-order valence-corrected chi connectivity index (χ4v) is 2.12. The van der Waals surface area contributed by atoms with Crippen LogP contribution in [0, 0.1) is 16.0 Å². The minimum absolute atomic E-state index is 0.0286. The fraction of sp³-hybridized carbons (Fsp3) is 0.385. The monoisotopic (exact) mass is 294 g/mol. The fourth-order valence-electron chi connectivity index (χ4n) is 2.12. The van der Waals surface area contributed by atoms with Crippen molar-refractivity contribution in [1.82, 2.24) is 5.32 Å². The molecule has 1 fully saturated rings. The number of nitro benzene ring substituents is 1. The zero-order valence-electron chi connectivity index (χ0n) is 11.0. The second-order valence-corrected chi connectivity index (χ2v) is 4.76. The van der Waals surface area contributed by atoms with Crippen LogP contribution in [0.25, 0.3) is 0 Å². The predicted octanol–water partition coefficient (Wildman–Crippen LogP) is 0.353. The van der Waals surface area contributed by atoms with Crippen LogP contribution < -0.4 is 5.32 Å². The molecule has 1 aliphatic heterocycles. The highest BCUT2D eigenvalue weighted by molar-refractivity contribution is 5.80. The number of rotatable bonds is 5. The third-order valence-electron chi connectivity index (χ3n) is 3.26. The van der Waals surface area contributed by atoms with Crippen LogP contribution in [0.4, 0.5) is 5.69 Å². The van der Waals surface area contributed by atoms with Gasteiger partial charge in [-0.05, 0) is 5.56 Å². The van der Waals surface area contributed by atoms with Crippen LogP contribution in [0.15, 0.2) is 24.3 Å². The van der Waals surface area contributed by atoms with Crippen molar-refractivity contribution >= 4 is 17.6 Å². The van der Waals surface area contributed by atoms with E-state index in [2.05, 4.69) is 5.32 Å². The highest BCUT2D eigenvalue weighted by atomic mass is 16.6. The van der Waals surface area contributed by atoms with Gasteiger partial charge in [0.15, 0.2) is 0 Å². The number of ether oxygens (including phenoxy) is 1. The van der Waals surface area contributed by atoms with Crippen LogP contribution in [-0.2, 0) is 20.7 Å². The number of carbonyl (C=O) groups excluding carboxylic acids is 1. The summed E-state index contributed by atoms with van der Waals surface area (Å²) in [6.45, 7) is 0.251. The van der Waals surface area contributed by atoms with Crippen LogP contribution in [0.5, 0.6) is 0 Å². The topological polar surface area (TPSA) is 119 Å². The average molecular weight is 294 g/mol. The number of benzene rings is 1. The molecule has 8 heteroatoms. The normalized spacial score (nSPS) is 21.0. The number of carboxylic acids is 1. The Hall–Kier alpha value is -2.48. The Balaban J connectivity index is 1.92. The molecule has 0 aliphatic carbocycles. The molecular formula is C13H14N2O6. The first-order valence-electron chi connectivity index (χ1n) is 6.30. The molecule has 1 heterocycles. The van der Waals surface area contributed by atoms with E-state index in [0.717, 1.165) is 0 Å². The number of amides is 1. The van der Waals surface area contributed by atoms with Gasteiger partial charge in [0.1, 0.15) is 5.92 Å². The largest absolute Gasteiger partial charge is 0.481 e. The van der Waals surface area contributed by atoms with Crippen LogP contribution in [0.3, 0.4) is 0 Å². The van der Waals surface area contributed by atoms with Crippen molar-refractivity contribution in [2.45, 2.75) is 12.5 Å². The van der Waals surface area contributed by atoms with Gasteiger partial charge in [0.25, 0.3) is 5.69 Å². The molecule has 1 amide bonds. The van der Waals surface area contributed by atoms with Crippen molar-refractivity contribution in [2.75, 3.05) is 13.2 Å². The van der Waals surface area contributed by atoms with E-state index in [-0.39, 0.29) is 31.2 Å². The van der Waals surface area contributed by atoms with Gasteiger partial charge in [-0.2, -0.15) is 0 Å². The van der Waals surface area contributed by atoms with E-state index in [1.54, 1.807) is 0 Å². The van der Waals surface area contributed by atoms with Gasteiger partial charge in [-0.25, -0.2) is 0 Å². The van der Waals surface area contributed by atoms with E-state index >= 15 is 0 Å². The van der Waals surface area contributed by atoms with E-state index in [9.17, 15) is 19.7 Å². The minimum atomic E-state index is -1.01. The number of nitro groups is 1. The highest BCUT2D eigenvalue weighted by Crippen LogP contribution is 2.15. The highest BCUT2D eigenvalue weighted by Gasteiger charge is 2.34. The lowest BCUT2D eigenvalue weighted by Gasteiger charge is -2.15. The van der Waals surface area contributed by atoms with Gasteiger partial charge in [-0.1, -0.05) is 12.1 Å². The number of nitrogens with one attached hydrogen (secondary N) is 1. The smallest absolute Gasteiger partial charge is 0.311 e. The maximum absolute atomic E-state index is 11.9. The quantitative estimate of drug-likeness (QED) is 0.597. The molecule has 1 aromatic carbocycles. The molecule has 21 heavy (non-hydrogen) atoms. The van der Waals surface area contributed by atoms with E-state index in [4.69, 9.17) is 9.84 Å². The molecule has 2 rings (SSSR count). The lowest BCUT2D eigenvalue weighted by atomic mass is 10.0. The van der Waals surface area contributed by atoms with E-state index in [0.29, 0.717) is 5.56 Å². The van der Waals surface area contributed by atoms with Gasteiger partial charge in [-0.3, -0.25) is 19.7 Å². The summed E-state index contributed by atoms with van der Waals surface area (Å²) in [6, 6.07) is 5.09. The molecule has 0 radical (unpaired) electrons. The maximum Gasteiger partial charge on any atom is 0.311 e. The first-order chi connectivity index (χ1) is 9.97. The maximum atomic E-state index is 11.9. The molecule has 112 valence electrons. The molecule has 1 saturated heterocycles. The first-order valence-corrected chi connectivity index (χ1v) is 6.30.